The Morgan fingerprint density at radius 3 is 2.89 bits per heavy atom. The largest absolute Gasteiger partial charge is 0.468 e. The molecule has 3 aromatic heterocycles. The minimum atomic E-state index is -0.271. The van der Waals surface area contributed by atoms with Crippen molar-refractivity contribution in [2.75, 3.05) is 19.6 Å². The lowest BCUT2D eigenvalue weighted by atomic mass is 10.1. The van der Waals surface area contributed by atoms with Crippen LogP contribution in [0.25, 0.3) is 11.0 Å². The Labute approximate surface area is 161 Å². The van der Waals surface area contributed by atoms with E-state index in [-0.39, 0.29) is 24.1 Å². The third kappa shape index (κ3) is 3.70. The highest BCUT2D eigenvalue weighted by Crippen LogP contribution is 2.24. The van der Waals surface area contributed by atoms with Crippen LogP contribution < -0.4 is 10.9 Å². The summed E-state index contributed by atoms with van der Waals surface area (Å²) in [5.74, 6) is 0.610. The zero-order chi connectivity index (χ0) is 19.5. The Balaban J connectivity index is 1.44. The number of aromatic nitrogens is 4. The van der Waals surface area contributed by atoms with Gasteiger partial charge in [0.1, 0.15) is 24.0 Å². The van der Waals surface area contributed by atoms with Crippen LogP contribution in [0.3, 0.4) is 0 Å². The quantitative estimate of drug-likeness (QED) is 0.683. The van der Waals surface area contributed by atoms with Crippen molar-refractivity contribution in [2.45, 2.75) is 31.8 Å². The van der Waals surface area contributed by atoms with Gasteiger partial charge >= 0.3 is 0 Å². The summed E-state index contributed by atoms with van der Waals surface area (Å²) in [5, 5.41) is 7.39. The summed E-state index contributed by atoms with van der Waals surface area (Å²) >= 11 is 0. The normalized spacial score (nSPS) is 16.3. The van der Waals surface area contributed by atoms with Crippen LogP contribution in [0.1, 0.15) is 31.1 Å². The van der Waals surface area contributed by atoms with E-state index in [9.17, 15) is 9.59 Å². The Bertz CT molecular complexity index is 1000. The van der Waals surface area contributed by atoms with Crippen LogP contribution in [-0.2, 0) is 18.4 Å². The van der Waals surface area contributed by atoms with E-state index in [0.29, 0.717) is 17.6 Å². The number of piperidine rings is 1. The summed E-state index contributed by atoms with van der Waals surface area (Å²) in [4.78, 5) is 31.6. The molecule has 1 unspecified atom stereocenters. The first-order valence-corrected chi connectivity index (χ1v) is 9.55. The molecule has 3 aromatic rings. The average molecular weight is 384 g/mol. The molecular weight excluding hydrogens is 360 g/mol. The van der Waals surface area contributed by atoms with Gasteiger partial charge in [-0.2, -0.15) is 5.10 Å². The van der Waals surface area contributed by atoms with E-state index in [1.807, 2.05) is 12.1 Å². The van der Waals surface area contributed by atoms with Gasteiger partial charge in [-0.25, -0.2) is 4.98 Å². The molecule has 1 amide bonds. The van der Waals surface area contributed by atoms with Crippen LogP contribution in [0.2, 0.25) is 0 Å². The molecule has 1 fully saturated rings. The van der Waals surface area contributed by atoms with E-state index < -0.39 is 0 Å². The number of furan rings is 1. The van der Waals surface area contributed by atoms with Crippen LogP contribution in [0.5, 0.6) is 0 Å². The number of hydrogen-bond acceptors (Lipinski definition) is 6. The van der Waals surface area contributed by atoms with Crippen molar-refractivity contribution in [3.05, 3.63) is 47.0 Å². The summed E-state index contributed by atoms with van der Waals surface area (Å²) in [6.07, 6.45) is 8.06. The fourth-order valence-electron chi connectivity index (χ4n) is 3.72. The van der Waals surface area contributed by atoms with Gasteiger partial charge in [-0.1, -0.05) is 6.42 Å². The molecule has 1 N–H and O–H groups in total. The number of aryl methyl sites for hydroxylation is 1. The molecule has 4 rings (SSSR count). The fraction of sp³-hybridized carbons (Fsp3) is 0.474. The Kier molecular flexibility index (Phi) is 5.25. The highest BCUT2D eigenvalue weighted by molar-refractivity contribution is 5.77. The maximum atomic E-state index is 12.5. The molecule has 0 radical (unpaired) electrons. The zero-order valence-corrected chi connectivity index (χ0v) is 15.9. The highest BCUT2D eigenvalue weighted by Gasteiger charge is 2.25. The Hall–Kier alpha value is -2.94. The average Bonchev–Trinajstić information content (AvgIpc) is 3.36. The van der Waals surface area contributed by atoms with Gasteiger partial charge in [0.25, 0.3) is 5.56 Å². The molecule has 9 nitrogen and oxygen atoms in total. The number of rotatable bonds is 6. The molecular formula is C19H24N6O3. The number of nitrogens with one attached hydrogen (secondary N) is 1. The SMILES string of the molecule is Cn1ncc2c(=O)n(CC(=O)NCC(c3ccco3)N3CCCCC3)cnc21. The maximum Gasteiger partial charge on any atom is 0.264 e. The van der Waals surface area contributed by atoms with E-state index in [2.05, 4.69) is 20.3 Å². The maximum absolute atomic E-state index is 12.5. The van der Waals surface area contributed by atoms with E-state index in [1.54, 1.807) is 13.3 Å². The van der Waals surface area contributed by atoms with Crippen molar-refractivity contribution in [2.24, 2.45) is 7.05 Å². The number of nitrogens with zero attached hydrogens (tertiary/aromatic N) is 5. The lowest BCUT2D eigenvalue weighted by molar-refractivity contribution is -0.122. The summed E-state index contributed by atoms with van der Waals surface area (Å²) < 4.78 is 8.44. The molecule has 148 valence electrons. The monoisotopic (exact) mass is 384 g/mol. The van der Waals surface area contributed by atoms with Gasteiger partial charge < -0.3 is 9.73 Å². The smallest absolute Gasteiger partial charge is 0.264 e. The van der Waals surface area contributed by atoms with Gasteiger partial charge in [-0.05, 0) is 38.1 Å². The van der Waals surface area contributed by atoms with Gasteiger partial charge in [0.05, 0.1) is 18.5 Å². The first-order chi connectivity index (χ1) is 13.6. The molecule has 0 aromatic carbocycles. The van der Waals surface area contributed by atoms with Crippen LogP contribution in [0, 0.1) is 0 Å². The van der Waals surface area contributed by atoms with Crippen molar-refractivity contribution < 1.29 is 9.21 Å². The second-order valence-electron chi connectivity index (χ2n) is 7.12. The third-order valence-electron chi connectivity index (χ3n) is 5.23. The topological polar surface area (TPSA) is 98.2 Å². The molecule has 1 saturated heterocycles. The van der Waals surface area contributed by atoms with Crippen LogP contribution in [-0.4, -0.2) is 49.8 Å². The van der Waals surface area contributed by atoms with Crippen LogP contribution in [0.15, 0.2) is 40.1 Å². The summed E-state index contributed by atoms with van der Waals surface area (Å²) in [7, 11) is 1.72. The van der Waals surface area contributed by atoms with Crippen molar-refractivity contribution in [3.63, 3.8) is 0 Å². The van der Waals surface area contributed by atoms with Crippen molar-refractivity contribution in [1.82, 2.24) is 29.5 Å². The number of hydrogen-bond donors (Lipinski definition) is 1. The second kappa shape index (κ2) is 7.97. The lowest BCUT2D eigenvalue weighted by Crippen LogP contribution is -2.41. The summed E-state index contributed by atoms with van der Waals surface area (Å²) in [6.45, 7) is 2.33. The summed E-state index contributed by atoms with van der Waals surface area (Å²) in [6, 6.07) is 3.80. The number of amides is 1. The van der Waals surface area contributed by atoms with Crippen LogP contribution >= 0.6 is 0 Å². The molecule has 1 aliphatic rings. The van der Waals surface area contributed by atoms with Crippen molar-refractivity contribution in [3.8, 4) is 0 Å². The Morgan fingerprint density at radius 1 is 1.32 bits per heavy atom. The van der Waals surface area contributed by atoms with Crippen LogP contribution in [0.4, 0.5) is 0 Å². The van der Waals surface area contributed by atoms with Crippen molar-refractivity contribution in [1.29, 1.82) is 0 Å². The second-order valence-corrected chi connectivity index (χ2v) is 7.12. The highest BCUT2D eigenvalue weighted by atomic mass is 16.3. The number of carbonyl (C=O) groups excluding carboxylic acids is 1. The van der Waals surface area contributed by atoms with E-state index in [4.69, 9.17) is 4.42 Å². The van der Waals surface area contributed by atoms with Gasteiger partial charge in [-0.3, -0.25) is 23.7 Å². The molecule has 28 heavy (non-hydrogen) atoms. The van der Waals surface area contributed by atoms with Gasteiger partial charge in [0.15, 0.2) is 5.65 Å². The van der Waals surface area contributed by atoms with E-state index in [0.717, 1.165) is 31.7 Å². The molecule has 0 bridgehead atoms. The summed E-state index contributed by atoms with van der Waals surface area (Å²) in [5.41, 5.74) is 0.233. The van der Waals surface area contributed by atoms with Gasteiger partial charge in [-0.15, -0.1) is 0 Å². The molecule has 1 atom stereocenters. The zero-order valence-electron chi connectivity index (χ0n) is 15.9. The predicted molar refractivity (Wildman–Crippen MR) is 103 cm³/mol. The lowest BCUT2D eigenvalue weighted by Gasteiger charge is -2.33. The minimum Gasteiger partial charge on any atom is -0.468 e. The molecule has 1 aliphatic heterocycles. The Morgan fingerprint density at radius 2 is 2.14 bits per heavy atom. The predicted octanol–water partition coefficient (Wildman–Crippen LogP) is 1.07. The van der Waals surface area contributed by atoms with Gasteiger partial charge in [0.2, 0.25) is 5.91 Å². The van der Waals surface area contributed by atoms with E-state index in [1.165, 1.54) is 28.2 Å². The first kappa shape index (κ1) is 18.4. The number of fused-ring (bicyclic) bond motifs is 1. The van der Waals surface area contributed by atoms with E-state index >= 15 is 0 Å². The minimum absolute atomic E-state index is 0.00472. The number of likely N-dealkylation sites (tertiary alicyclic amines) is 1. The molecule has 0 aliphatic carbocycles. The third-order valence-corrected chi connectivity index (χ3v) is 5.23. The molecule has 9 heteroatoms. The van der Waals surface area contributed by atoms with Gasteiger partial charge in [0, 0.05) is 13.6 Å². The molecule has 0 spiro atoms. The standard InChI is InChI=1S/C19H24N6O3/c1-23-18-14(10-22-23)19(27)25(13-21-18)12-17(26)20-11-15(16-6-5-9-28-16)24-7-3-2-4-8-24/h5-6,9-10,13,15H,2-4,7-8,11-12H2,1H3,(H,20,26). The fourth-order valence-corrected chi connectivity index (χ4v) is 3.72. The van der Waals surface area contributed by atoms with Crippen molar-refractivity contribution >= 4 is 16.9 Å². The number of carbonyl (C=O) groups is 1. The molecule has 4 heterocycles. The molecule has 0 saturated carbocycles. The first-order valence-electron chi connectivity index (χ1n) is 9.55.